The number of nitrogens with one attached hydrogen (secondary N) is 1. The second-order valence-electron chi connectivity index (χ2n) is 4.26. The summed E-state index contributed by atoms with van der Waals surface area (Å²) in [6.07, 6.45) is 3.54. The molecular formula is C13H12N4S2. The molecule has 19 heavy (non-hydrogen) atoms. The fourth-order valence-corrected chi connectivity index (χ4v) is 2.94. The van der Waals surface area contributed by atoms with Crippen molar-refractivity contribution in [3.63, 3.8) is 0 Å². The summed E-state index contributed by atoms with van der Waals surface area (Å²) in [5, 5.41) is 11.5. The van der Waals surface area contributed by atoms with Crippen molar-refractivity contribution in [3.8, 4) is 11.4 Å². The minimum absolute atomic E-state index is 0.629. The van der Waals surface area contributed by atoms with Gasteiger partial charge in [-0.05, 0) is 53.2 Å². The highest BCUT2D eigenvalue weighted by Gasteiger charge is 2.10. The van der Waals surface area contributed by atoms with Crippen LogP contribution in [-0.2, 0) is 6.54 Å². The molecule has 3 aromatic heterocycles. The van der Waals surface area contributed by atoms with E-state index in [0.717, 1.165) is 17.9 Å². The second kappa shape index (κ2) is 5.07. The fraction of sp³-hybridized carbons (Fsp3) is 0.154. The van der Waals surface area contributed by atoms with Gasteiger partial charge in [-0.2, -0.15) is 16.4 Å². The van der Waals surface area contributed by atoms with Gasteiger partial charge in [0.25, 0.3) is 0 Å². The maximum Gasteiger partial charge on any atom is 0.195 e. The Bertz CT molecular complexity index is 739. The molecule has 6 heteroatoms. The number of thiophene rings is 1. The summed E-state index contributed by atoms with van der Waals surface area (Å²) in [5.41, 5.74) is 3.51. The maximum atomic E-state index is 5.32. The van der Waals surface area contributed by atoms with Gasteiger partial charge in [0.15, 0.2) is 10.6 Å². The highest BCUT2D eigenvalue weighted by atomic mass is 32.1. The van der Waals surface area contributed by atoms with Crippen LogP contribution in [0.2, 0.25) is 0 Å². The summed E-state index contributed by atoms with van der Waals surface area (Å²) < 4.78 is 2.63. The number of aromatic nitrogens is 4. The Kier molecular flexibility index (Phi) is 3.27. The molecule has 1 N–H and O–H groups in total. The molecule has 0 fully saturated rings. The third-order valence-electron chi connectivity index (χ3n) is 2.97. The van der Waals surface area contributed by atoms with Crippen LogP contribution in [-0.4, -0.2) is 19.7 Å². The first-order valence-corrected chi connectivity index (χ1v) is 7.18. The van der Waals surface area contributed by atoms with E-state index >= 15 is 0 Å². The van der Waals surface area contributed by atoms with E-state index < -0.39 is 0 Å². The van der Waals surface area contributed by atoms with Gasteiger partial charge in [0.05, 0.1) is 6.54 Å². The molecule has 3 heterocycles. The van der Waals surface area contributed by atoms with Gasteiger partial charge >= 0.3 is 0 Å². The van der Waals surface area contributed by atoms with Gasteiger partial charge in [0.2, 0.25) is 0 Å². The van der Waals surface area contributed by atoms with Crippen LogP contribution in [0.15, 0.2) is 35.3 Å². The number of hydrogen-bond donors (Lipinski definition) is 1. The summed E-state index contributed by atoms with van der Waals surface area (Å²) >= 11 is 7.02. The minimum Gasteiger partial charge on any atom is -0.296 e. The summed E-state index contributed by atoms with van der Waals surface area (Å²) in [6.45, 7) is 2.84. The maximum absolute atomic E-state index is 5.32. The molecule has 0 aliphatic heterocycles. The standard InChI is InChI=1S/C13H12N4S2/c1-9-7-19-8-11(9)6-17-12(15-16-13(17)18)10-3-2-4-14-5-10/h2-5,7-8H,6H2,1H3,(H,16,18). The minimum atomic E-state index is 0.629. The van der Waals surface area contributed by atoms with E-state index in [4.69, 9.17) is 12.2 Å². The summed E-state index contributed by atoms with van der Waals surface area (Å²) in [6, 6.07) is 3.88. The Morgan fingerprint density at radius 2 is 2.32 bits per heavy atom. The van der Waals surface area contributed by atoms with Crippen LogP contribution < -0.4 is 0 Å². The zero-order valence-electron chi connectivity index (χ0n) is 10.3. The average molecular weight is 288 g/mol. The monoisotopic (exact) mass is 288 g/mol. The van der Waals surface area contributed by atoms with Crippen LogP contribution in [0.4, 0.5) is 0 Å². The van der Waals surface area contributed by atoms with Crippen LogP contribution in [0.5, 0.6) is 0 Å². The Hall–Kier alpha value is -1.79. The van der Waals surface area contributed by atoms with Crippen molar-refractivity contribution < 1.29 is 0 Å². The van der Waals surface area contributed by atoms with E-state index in [-0.39, 0.29) is 0 Å². The number of H-pyrrole nitrogens is 1. The van der Waals surface area contributed by atoms with Crippen molar-refractivity contribution in [1.29, 1.82) is 0 Å². The predicted molar refractivity (Wildman–Crippen MR) is 78.8 cm³/mol. The third-order valence-corrected chi connectivity index (χ3v) is 4.19. The summed E-state index contributed by atoms with van der Waals surface area (Å²) in [7, 11) is 0. The van der Waals surface area contributed by atoms with Crippen molar-refractivity contribution in [3.05, 3.63) is 51.2 Å². The lowest BCUT2D eigenvalue weighted by atomic mass is 10.2. The van der Waals surface area contributed by atoms with E-state index in [2.05, 4.69) is 32.9 Å². The molecule has 0 aliphatic rings. The van der Waals surface area contributed by atoms with Crippen LogP contribution in [0.1, 0.15) is 11.1 Å². The van der Waals surface area contributed by atoms with Gasteiger partial charge in [0, 0.05) is 18.0 Å². The largest absolute Gasteiger partial charge is 0.296 e. The lowest BCUT2D eigenvalue weighted by Gasteiger charge is -2.06. The lowest BCUT2D eigenvalue weighted by Crippen LogP contribution is -2.02. The molecule has 3 aromatic rings. The molecule has 96 valence electrons. The van der Waals surface area contributed by atoms with Crippen molar-refractivity contribution in [2.24, 2.45) is 0 Å². The highest BCUT2D eigenvalue weighted by molar-refractivity contribution is 7.71. The van der Waals surface area contributed by atoms with E-state index in [1.165, 1.54) is 11.1 Å². The molecule has 0 amide bonds. The fourth-order valence-electron chi connectivity index (χ4n) is 1.90. The quantitative estimate of drug-likeness (QED) is 0.751. The molecule has 0 unspecified atom stereocenters. The number of aryl methyl sites for hydroxylation is 1. The Morgan fingerprint density at radius 1 is 1.42 bits per heavy atom. The van der Waals surface area contributed by atoms with Crippen molar-refractivity contribution in [1.82, 2.24) is 19.7 Å². The molecule has 0 aliphatic carbocycles. The third kappa shape index (κ3) is 2.36. The number of pyridine rings is 1. The van der Waals surface area contributed by atoms with E-state index in [1.807, 2.05) is 16.7 Å². The summed E-state index contributed by atoms with van der Waals surface area (Å²) in [5.74, 6) is 0.823. The number of hydrogen-bond acceptors (Lipinski definition) is 4. The highest BCUT2D eigenvalue weighted by Crippen LogP contribution is 2.20. The summed E-state index contributed by atoms with van der Waals surface area (Å²) in [4.78, 5) is 4.13. The predicted octanol–water partition coefficient (Wildman–Crippen LogP) is 3.42. The smallest absolute Gasteiger partial charge is 0.195 e. The van der Waals surface area contributed by atoms with Crippen LogP contribution in [0.25, 0.3) is 11.4 Å². The molecule has 0 saturated carbocycles. The SMILES string of the molecule is Cc1cscc1Cn1c(-c2cccnc2)n[nH]c1=S. The van der Waals surface area contributed by atoms with Gasteiger partial charge in [-0.3, -0.25) is 14.6 Å². The Labute approximate surface area is 119 Å². The van der Waals surface area contributed by atoms with Gasteiger partial charge in [0.1, 0.15) is 0 Å². The van der Waals surface area contributed by atoms with Gasteiger partial charge in [-0.25, -0.2) is 0 Å². The first kappa shape index (κ1) is 12.3. The zero-order valence-corrected chi connectivity index (χ0v) is 12.0. The van der Waals surface area contributed by atoms with E-state index in [9.17, 15) is 0 Å². The lowest BCUT2D eigenvalue weighted by molar-refractivity contribution is 0.788. The average Bonchev–Trinajstić information content (AvgIpc) is 2.99. The number of aromatic amines is 1. The van der Waals surface area contributed by atoms with E-state index in [1.54, 1.807) is 23.7 Å². The molecule has 0 bridgehead atoms. The Balaban J connectivity index is 2.05. The normalized spacial score (nSPS) is 10.8. The van der Waals surface area contributed by atoms with Crippen LogP contribution in [0, 0.1) is 11.7 Å². The van der Waals surface area contributed by atoms with Gasteiger partial charge in [-0.1, -0.05) is 0 Å². The first-order valence-electron chi connectivity index (χ1n) is 5.83. The number of nitrogens with zero attached hydrogens (tertiary/aromatic N) is 3. The van der Waals surface area contributed by atoms with Crippen molar-refractivity contribution in [2.75, 3.05) is 0 Å². The van der Waals surface area contributed by atoms with Gasteiger partial charge in [-0.15, -0.1) is 0 Å². The topological polar surface area (TPSA) is 46.5 Å². The first-order chi connectivity index (χ1) is 9.25. The van der Waals surface area contributed by atoms with Crippen LogP contribution >= 0.6 is 23.6 Å². The van der Waals surface area contributed by atoms with Crippen LogP contribution in [0.3, 0.4) is 0 Å². The molecule has 3 rings (SSSR count). The molecule has 0 saturated heterocycles. The number of rotatable bonds is 3. The second-order valence-corrected chi connectivity index (χ2v) is 5.39. The zero-order chi connectivity index (χ0) is 13.2. The van der Waals surface area contributed by atoms with Gasteiger partial charge < -0.3 is 0 Å². The molecule has 0 spiro atoms. The Morgan fingerprint density at radius 3 is 3.00 bits per heavy atom. The molecule has 0 aromatic carbocycles. The van der Waals surface area contributed by atoms with Crippen molar-refractivity contribution >= 4 is 23.6 Å². The molecule has 4 nitrogen and oxygen atoms in total. The molecule has 0 radical (unpaired) electrons. The molecular weight excluding hydrogens is 276 g/mol. The van der Waals surface area contributed by atoms with E-state index in [0.29, 0.717) is 4.77 Å². The molecule has 0 atom stereocenters. The van der Waals surface area contributed by atoms with Crippen molar-refractivity contribution in [2.45, 2.75) is 13.5 Å².